The Labute approximate surface area is 134 Å². The molecule has 0 amide bonds. The second-order valence-corrected chi connectivity index (χ2v) is 7.34. The molecule has 9 heteroatoms. The van der Waals surface area contributed by atoms with Crippen LogP contribution in [-0.4, -0.2) is 48.4 Å². The molecule has 3 heterocycles. The van der Waals surface area contributed by atoms with E-state index in [-0.39, 0.29) is 17.7 Å². The van der Waals surface area contributed by atoms with Crippen molar-refractivity contribution in [2.24, 2.45) is 7.05 Å². The van der Waals surface area contributed by atoms with Gasteiger partial charge in [-0.15, -0.1) is 0 Å². The molecule has 126 valence electrons. The molecule has 3 rings (SSSR count). The number of likely N-dealkylation sites (tertiary alicyclic amines) is 1. The maximum absolute atomic E-state index is 13.8. The zero-order chi connectivity index (χ0) is 16.4. The zero-order valence-corrected chi connectivity index (χ0v) is 13.5. The Morgan fingerprint density at radius 1 is 1.48 bits per heavy atom. The van der Waals surface area contributed by atoms with Gasteiger partial charge in [0.2, 0.25) is 5.09 Å². The van der Waals surface area contributed by atoms with E-state index in [1.54, 1.807) is 10.9 Å². The molecule has 0 radical (unpaired) electrons. The molecule has 0 bridgehead atoms. The molecule has 1 aliphatic rings. The molecule has 0 spiro atoms. The molecular formula is C14H19FN4O3S. The van der Waals surface area contributed by atoms with Gasteiger partial charge in [0, 0.05) is 38.9 Å². The summed E-state index contributed by atoms with van der Waals surface area (Å²) < 4.78 is 47.1. The molecule has 1 aliphatic heterocycles. The number of aromatic nitrogens is 2. The Kier molecular flexibility index (Phi) is 4.51. The van der Waals surface area contributed by atoms with Gasteiger partial charge in [-0.1, -0.05) is 0 Å². The molecule has 2 aromatic rings. The van der Waals surface area contributed by atoms with Crippen LogP contribution in [0.25, 0.3) is 0 Å². The van der Waals surface area contributed by atoms with E-state index in [0.717, 1.165) is 5.69 Å². The first-order valence-electron chi connectivity index (χ1n) is 7.34. The molecule has 2 aromatic heterocycles. The van der Waals surface area contributed by atoms with E-state index in [2.05, 4.69) is 9.82 Å². The number of halogens is 1. The van der Waals surface area contributed by atoms with E-state index in [1.165, 1.54) is 18.4 Å². The summed E-state index contributed by atoms with van der Waals surface area (Å²) in [5, 5.41) is 3.96. The summed E-state index contributed by atoms with van der Waals surface area (Å²) in [5.74, 6) is 0. The van der Waals surface area contributed by atoms with Gasteiger partial charge in [0.15, 0.2) is 0 Å². The Hall–Kier alpha value is -1.71. The number of alkyl halides is 1. The smallest absolute Gasteiger partial charge is 0.273 e. The highest BCUT2D eigenvalue weighted by Crippen LogP contribution is 2.22. The normalized spacial score (nSPS) is 22.7. The lowest BCUT2D eigenvalue weighted by Gasteiger charge is -2.24. The first kappa shape index (κ1) is 16.2. The second kappa shape index (κ2) is 6.42. The lowest BCUT2D eigenvalue weighted by atomic mass is 10.2. The highest BCUT2D eigenvalue weighted by Gasteiger charge is 2.33. The predicted octanol–water partition coefficient (Wildman–Crippen LogP) is 0.904. The van der Waals surface area contributed by atoms with Crippen LogP contribution < -0.4 is 4.72 Å². The van der Waals surface area contributed by atoms with Crippen LogP contribution in [0.1, 0.15) is 12.1 Å². The standard InChI is InChI=1S/C14H19FN4O3S/c1-18-12(4-5-16-18)10-19-9-11(15)7-13(19)8-17-23(20,21)14-3-2-6-22-14/h2-6,11,13,17H,7-10H2,1H3/t11-,13-/m0/s1. The molecule has 0 unspecified atom stereocenters. The third-order valence-electron chi connectivity index (χ3n) is 4.03. The SMILES string of the molecule is Cn1nccc1CN1C[C@@H](F)C[C@H]1CNS(=O)(=O)c1ccco1. The second-order valence-electron chi connectivity index (χ2n) is 5.65. The number of sulfonamides is 1. The van der Waals surface area contributed by atoms with Crippen LogP contribution in [-0.2, 0) is 23.6 Å². The number of hydrogen-bond donors (Lipinski definition) is 1. The maximum Gasteiger partial charge on any atom is 0.273 e. The van der Waals surface area contributed by atoms with Gasteiger partial charge >= 0.3 is 0 Å². The lowest BCUT2D eigenvalue weighted by Crippen LogP contribution is -2.40. The average molecular weight is 342 g/mol. The number of hydrogen-bond acceptors (Lipinski definition) is 5. The van der Waals surface area contributed by atoms with Gasteiger partial charge in [-0.3, -0.25) is 9.58 Å². The van der Waals surface area contributed by atoms with E-state index in [9.17, 15) is 12.8 Å². The van der Waals surface area contributed by atoms with Crippen LogP contribution in [0.5, 0.6) is 0 Å². The Bertz CT molecular complexity index is 744. The van der Waals surface area contributed by atoms with Gasteiger partial charge in [-0.25, -0.2) is 17.5 Å². The summed E-state index contributed by atoms with van der Waals surface area (Å²) in [7, 11) is -1.87. The third kappa shape index (κ3) is 3.62. The fraction of sp³-hybridized carbons (Fsp3) is 0.500. The van der Waals surface area contributed by atoms with Gasteiger partial charge in [-0.2, -0.15) is 5.10 Å². The summed E-state index contributed by atoms with van der Waals surface area (Å²) in [4.78, 5) is 1.94. The zero-order valence-electron chi connectivity index (χ0n) is 12.7. The summed E-state index contributed by atoms with van der Waals surface area (Å²) in [6.45, 7) is 0.962. The first-order chi connectivity index (χ1) is 11.0. The maximum atomic E-state index is 13.8. The molecule has 0 aliphatic carbocycles. The summed E-state index contributed by atoms with van der Waals surface area (Å²) in [6.07, 6.45) is 2.34. The minimum atomic E-state index is -3.70. The van der Waals surface area contributed by atoms with Gasteiger partial charge in [0.25, 0.3) is 10.0 Å². The lowest BCUT2D eigenvalue weighted by molar-refractivity contribution is 0.229. The Balaban J connectivity index is 1.65. The van der Waals surface area contributed by atoms with Crippen LogP contribution in [0.15, 0.2) is 40.2 Å². The predicted molar refractivity (Wildman–Crippen MR) is 80.8 cm³/mol. The van der Waals surface area contributed by atoms with Crippen molar-refractivity contribution in [2.45, 2.75) is 30.3 Å². The first-order valence-corrected chi connectivity index (χ1v) is 8.82. The van der Waals surface area contributed by atoms with Gasteiger partial charge in [0.1, 0.15) is 6.17 Å². The monoisotopic (exact) mass is 342 g/mol. The van der Waals surface area contributed by atoms with Crippen molar-refractivity contribution < 1.29 is 17.2 Å². The minimum absolute atomic E-state index is 0.134. The van der Waals surface area contributed by atoms with Crippen molar-refractivity contribution in [2.75, 3.05) is 13.1 Å². The molecule has 1 N–H and O–H groups in total. The van der Waals surface area contributed by atoms with E-state index < -0.39 is 16.2 Å². The number of nitrogens with zero attached hydrogens (tertiary/aromatic N) is 3. The average Bonchev–Trinajstić information content (AvgIpc) is 3.20. The highest BCUT2D eigenvalue weighted by molar-refractivity contribution is 7.89. The van der Waals surface area contributed by atoms with Crippen LogP contribution in [0.2, 0.25) is 0 Å². The van der Waals surface area contributed by atoms with Crippen molar-refractivity contribution in [3.05, 3.63) is 36.4 Å². The molecule has 0 saturated carbocycles. The molecular weight excluding hydrogens is 323 g/mol. The van der Waals surface area contributed by atoms with E-state index in [1.807, 2.05) is 18.0 Å². The number of furan rings is 1. The van der Waals surface area contributed by atoms with Gasteiger partial charge < -0.3 is 4.42 Å². The number of nitrogens with one attached hydrogen (secondary N) is 1. The van der Waals surface area contributed by atoms with Crippen molar-refractivity contribution >= 4 is 10.0 Å². The van der Waals surface area contributed by atoms with Crippen LogP contribution >= 0.6 is 0 Å². The fourth-order valence-corrected chi connectivity index (χ4v) is 3.78. The fourth-order valence-electron chi connectivity index (χ4n) is 2.79. The summed E-state index contributed by atoms with van der Waals surface area (Å²) in [6, 6.07) is 4.55. The highest BCUT2D eigenvalue weighted by atomic mass is 32.2. The number of aryl methyl sites for hydroxylation is 1. The van der Waals surface area contributed by atoms with Crippen molar-refractivity contribution in [3.8, 4) is 0 Å². The van der Waals surface area contributed by atoms with E-state index in [4.69, 9.17) is 4.42 Å². The Morgan fingerprint density at radius 3 is 2.96 bits per heavy atom. The Morgan fingerprint density at radius 2 is 2.30 bits per heavy atom. The van der Waals surface area contributed by atoms with Gasteiger partial charge in [0.05, 0.1) is 12.0 Å². The molecule has 1 saturated heterocycles. The van der Waals surface area contributed by atoms with Crippen molar-refractivity contribution in [3.63, 3.8) is 0 Å². The number of rotatable bonds is 6. The molecule has 1 fully saturated rings. The van der Waals surface area contributed by atoms with Gasteiger partial charge in [-0.05, 0) is 24.6 Å². The van der Waals surface area contributed by atoms with E-state index >= 15 is 0 Å². The molecule has 0 aromatic carbocycles. The van der Waals surface area contributed by atoms with Crippen LogP contribution in [0.4, 0.5) is 4.39 Å². The molecule has 2 atom stereocenters. The van der Waals surface area contributed by atoms with Crippen molar-refractivity contribution in [1.29, 1.82) is 0 Å². The topological polar surface area (TPSA) is 80.4 Å². The molecule has 23 heavy (non-hydrogen) atoms. The summed E-state index contributed by atoms with van der Waals surface area (Å²) in [5.41, 5.74) is 0.956. The molecule has 7 nitrogen and oxygen atoms in total. The van der Waals surface area contributed by atoms with Crippen LogP contribution in [0.3, 0.4) is 0 Å². The van der Waals surface area contributed by atoms with Crippen molar-refractivity contribution in [1.82, 2.24) is 19.4 Å². The van der Waals surface area contributed by atoms with Crippen LogP contribution in [0, 0.1) is 0 Å². The minimum Gasteiger partial charge on any atom is -0.452 e. The quantitative estimate of drug-likeness (QED) is 0.844. The summed E-state index contributed by atoms with van der Waals surface area (Å²) >= 11 is 0. The largest absolute Gasteiger partial charge is 0.452 e. The third-order valence-corrected chi connectivity index (χ3v) is 5.34. The van der Waals surface area contributed by atoms with E-state index in [0.29, 0.717) is 19.5 Å².